The molecule has 0 unspecified atom stereocenters. The Morgan fingerprint density at radius 3 is 1.70 bits per heavy atom. The van der Waals surface area contributed by atoms with E-state index in [1.165, 1.54) is 0 Å². The first-order valence-corrected chi connectivity index (χ1v) is 5.57. The minimum absolute atomic E-state index is 0.00833. The third-order valence-corrected chi connectivity index (χ3v) is 2.37. The smallest absolute Gasteiger partial charge is 0.416 e. The molecule has 0 fully saturated rings. The molecule has 0 amide bonds. The lowest BCUT2D eigenvalue weighted by molar-refractivity contribution is -0.143. The molecule has 0 N–H and O–H groups in total. The van der Waals surface area contributed by atoms with Gasteiger partial charge in [0.2, 0.25) is 0 Å². The van der Waals surface area contributed by atoms with Gasteiger partial charge in [0, 0.05) is 6.54 Å². The SMILES string of the molecule is CN(C)CCOc1cc(C(F)(F)F)cc(C(F)(F)F)c1. The van der Waals surface area contributed by atoms with Crippen LogP contribution >= 0.6 is 0 Å². The van der Waals surface area contributed by atoms with Crippen molar-refractivity contribution in [3.63, 3.8) is 0 Å². The first kappa shape index (κ1) is 16.6. The fraction of sp³-hybridized carbons (Fsp3) is 0.500. The summed E-state index contributed by atoms with van der Waals surface area (Å²) >= 11 is 0. The van der Waals surface area contributed by atoms with Crippen LogP contribution in [0.3, 0.4) is 0 Å². The predicted molar refractivity (Wildman–Crippen MR) is 60.5 cm³/mol. The van der Waals surface area contributed by atoms with Gasteiger partial charge in [-0.05, 0) is 32.3 Å². The average Bonchev–Trinajstić information content (AvgIpc) is 2.25. The molecule has 0 radical (unpaired) electrons. The summed E-state index contributed by atoms with van der Waals surface area (Å²) in [5.41, 5.74) is -2.76. The van der Waals surface area contributed by atoms with Crippen molar-refractivity contribution in [2.75, 3.05) is 27.2 Å². The summed E-state index contributed by atoms with van der Waals surface area (Å²) in [5, 5.41) is 0. The highest BCUT2D eigenvalue weighted by atomic mass is 19.4. The molecule has 0 saturated heterocycles. The molecule has 8 heteroatoms. The van der Waals surface area contributed by atoms with Crippen LogP contribution < -0.4 is 4.74 Å². The lowest BCUT2D eigenvalue weighted by atomic mass is 10.1. The molecule has 0 heterocycles. The van der Waals surface area contributed by atoms with Crippen molar-refractivity contribution >= 4 is 0 Å². The summed E-state index contributed by atoms with van der Waals surface area (Å²) in [7, 11) is 3.41. The van der Waals surface area contributed by atoms with Crippen LogP contribution in [-0.2, 0) is 12.4 Å². The summed E-state index contributed by atoms with van der Waals surface area (Å²) in [6.07, 6.45) is -9.72. The number of hydrogen-bond acceptors (Lipinski definition) is 2. The Bertz CT molecular complexity index is 420. The van der Waals surface area contributed by atoms with E-state index >= 15 is 0 Å². The molecule has 2 nitrogen and oxygen atoms in total. The zero-order chi connectivity index (χ0) is 15.6. The van der Waals surface area contributed by atoms with Crippen LogP contribution in [0.1, 0.15) is 11.1 Å². The number of hydrogen-bond donors (Lipinski definition) is 0. The van der Waals surface area contributed by atoms with E-state index in [0.717, 1.165) is 0 Å². The highest BCUT2D eigenvalue weighted by Crippen LogP contribution is 2.38. The molecule has 20 heavy (non-hydrogen) atoms. The first-order chi connectivity index (χ1) is 9.00. The largest absolute Gasteiger partial charge is 0.492 e. The van der Waals surface area contributed by atoms with E-state index in [1.807, 2.05) is 0 Å². The van der Waals surface area contributed by atoms with Gasteiger partial charge in [-0.15, -0.1) is 0 Å². The number of likely N-dealkylation sites (N-methyl/N-ethyl adjacent to an activating group) is 1. The second-order valence-corrected chi connectivity index (χ2v) is 4.39. The van der Waals surface area contributed by atoms with Gasteiger partial charge in [-0.2, -0.15) is 26.3 Å². The van der Waals surface area contributed by atoms with Crippen LogP contribution in [0.5, 0.6) is 5.75 Å². The van der Waals surface area contributed by atoms with Gasteiger partial charge in [-0.25, -0.2) is 0 Å². The molecule has 1 rings (SSSR count). The molecule has 0 spiro atoms. The van der Waals surface area contributed by atoms with Crippen molar-refractivity contribution in [2.45, 2.75) is 12.4 Å². The molecule has 0 aromatic heterocycles. The van der Waals surface area contributed by atoms with Crippen molar-refractivity contribution in [1.29, 1.82) is 0 Å². The number of ether oxygens (including phenoxy) is 1. The van der Waals surface area contributed by atoms with Gasteiger partial charge in [-0.1, -0.05) is 0 Å². The van der Waals surface area contributed by atoms with Gasteiger partial charge in [0.1, 0.15) is 12.4 Å². The number of halogens is 6. The molecule has 0 atom stereocenters. The predicted octanol–water partition coefficient (Wildman–Crippen LogP) is 3.66. The molecule has 1 aromatic carbocycles. The third-order valence-electron chi connectivity index (χ3n) is 2.37. The molecule has 0 saturated carbocycles. The van der Waals surface area contributed by atoms with Crippen molar-refractivity contribution in [3.05, 3.63) is 29.3 Å². The fourth-order valence-electron chi connectivity index (χ4n) is 1.36. The van der Waals surface area contributed by atoms with Crippen LogP contribution in [0.15, 0.2) is 18.2 Å². The van der Waals surface area contributed by atoms with Crippen molar-refractivity contribution in [2.24, 2.45) is 0 Å². The summed E-state index contributed by atoms with van der Waals surface area (Å²) < 4.78 is 80.3. The van der Waals surface area contributed by atoms with Gasteiger partial charge in [0.15, 0.2) is 0 Å². The van der Waals surface area contributed by atoms with Crippen LogP contribution in [0.2, 0.25) is 0 Å². The van der Waals surface area contributed by atoms with Crippen LogP contribution in [0, 0.1) is 0 Å². The monoisotopic (exact) mass is 301 g/mol. The Morgan fingerprint density at radius 1 is 0.900 bits per heavy atom. The highest BCUT2D eigenvalue weighted by Gasteiger charge is 2.37. The van der Waals surface area contributed by atoms with Crippen LogP contribution in [0.4, 0.5) is 26.3 Å². The lowest BCUT2D eigenvalue weighted by Crippen LogP contribution is -2.20. The van der Waals surface area contributed by atoms with Crippen LogP contribution in [0.25, 0.3) is 0 Å². The molecule has 0 bridgehead atoms. The molecule has 0 aliphatic rings. The zero-order valence-corrected chi connectivity index (χ0v) is 10.8. The Morgan fingerprint density at radius 2 is 1.35 bits per heavy atom. The maximum absolute atomic E-state index is 12.6. The van der Waals surface area contributed by atoms with E-state index in [0.29, 0.717) is 18.7 Å². The Kier molecular flexibility index (Phi) is 4.90. The quantitative estimate of drug-likeness (QED) is 0.787. The third kappa shape index (κ3) is 4.92. The van der Waals surface area contributed by atoms with Crippen molar-refractivity contribution < 1.29 is 31.1 Å². The normalized spacial score (nSPS) is 12.8. The minimum atomic E-state index is -4.86. The fourth-order valence-corrected chi connectivity index (χ4v) is 1.36. The summed E-state index contributed by atoms with van der Waals surface area (Å²) in [6.45, 7) is 0.364. The first-order valence-electron chi connectivity index (χ1n) is 5.57. The summed E-state index contributed by atoms with van der Waals surface area (Å²) in [5.74, 6) is -0.450. The summed E-state index contributed by atoms with van der Waals surface area (Å²) in [6, 6.07) is 1.19. The molecular formula is C12H13F6NO. The van der Waals surface area contributed by atoms with Gasteiger partial charge in [0.25, 0.3) is 0 Å². The standard InChI is InChI=1S/C12H13F6NO/c1-19(2)3-4-20-10-6-8(11(13,14)15)5-9(7-10)12(16,17)18/h5-7H,3-4H2,1-2H3. The second-order valence-electron chi connectivity index (χ2n) is 4.39. The molecule has 1 aromatic rings. The van der Waals surface area contributed by atoms with E-state index in [1.54, 1.807) is 19.0 Å². The maximum Gasteiger partial charge on any atom is 0.416 e. The van der Waals surface area contributed by atoms with Crippen molar-refractivity contribution in [1.82, 2.24) is 4.90 Å². The molecule has 114 valence electrons. The van der Waals surface area contributed by atoms with E-state index in [-0.39, 0.29) is 12.7 Å². The molecular weight excluding hydrogens is 288 g/mol. The van der Waals surface area contributed by atoms with Gasteiger partial charge < -0.3 is 9.64 Å². The molecule has 0 aliphatic heterocycles. The second kappa shape index (κ2) is 5.90. The number of benzene rings is 1. The number of alkyl halides is 6. The molecule has 0 aliphatic carbocycles. The highest BCUT2D eigenvalue weighted by molar-refractivity contribution is 5.37. The van der Waals surface area contributed by atoms with E-state index in [4.69, 9.17) is 4.74 Å². The Balaban J connectivity index is 3.05. The van der Waals surface area contributed by atoms with Crippen LogP contribution in [-0.4, -0.2) is 32.1 Å². The van der Waals surface area contributed by atoms with Crippen molar-refractivity contribution in [3.8, 4) is 5.75 Å². The van der Waals surface area contributed by atoms with Gasteiger partial charge >= 0.3 is 12.4 Å². The maximum atomic E-state index is 12.6. The number of rotatable bonds is 4. The van der Waals surface area contributed by atoms with Gasteiger partial charge in [-0.3, -0.25) is 0 Å². The van der Waals surface area contributed by atoms with Gasteiger partial charge in [0.05, 0.1) is 11.1 Å². The topological polar surface area (TPSA) is 12.5 Å². The minimum Gasteiger partial charge on any atom is -0.492 e. The summed E-state index contributed by atoms with van der Waals surface area (Å²) in [4.78, 5) is 1.69. The van der Waals surface area contributed by atoms with E-state index < -0.39 is 29.2 Å². The lowest BCUT2D eigenvalue weighted by Gasteiger charge is -2.16. The Labute approximate surface area is 111 Å². The number of nitrogens with zero attached hydrogens (tertiary/aromatic N) is 1. The zero-order valence-electron chi connectivity index (χ0n) is 10.8. The Hall–Kier alpha value is -1.44. The average molecular weight is 301 g/mol. The van der Waals surface area contributed by atoms with E-state index in [9.17, 15) is 26.3 Å². The van der Waals surface area contributed by atoms with E-state index in [2.05, 4.69) is 0 Å².